The van der Waals surface area contributed by atoms with Crippen LogP contribution in [0.15, 0.2) is 5.51 Å². The zero-order valence-corrected chi connectivity index (χ0v) is 11.8. The van der Waals surface area contributed by atoms with Gasteiger partial charge in [0, 0.05) is 38.1 Å². The fourth-order valence-corrected chi connectivity index (χ4v) is 2.79. The topological polar surface area (TPSA) is 48.5 Å². The first-order valence-corrected chi connectivity index (χ1v) is 7.11. The Labute approximate surface area is 112 Å². The van der Waals surface area contributed by atoms with Crippen molar-refractivity contribution in [2.24, 2.45) is 0 Å². The van der Waals surface area contributed by atoms with E-state index in [-0.39, 0.29) is 5.91 Å². The molecule has 1 aliphatic heterocycles. The SMILES string of the molecule is Cc1ncsc1CN(C)C(=O)CN1CCNCC1. The average Bonchev–Trinajstić information content (AvgIpc) is 2.76. The third-order valence-electron chi connectivity index (χ3n) is 3.22. The number of rotatable bonds is 4. The predicted octanol–water partition coefficient (Wildman–Crippen LogP) is 0.315. The monoisotopic (exact) mass is 268 g/mol. The highest BCUT2D eigenvalue weighted by molar-refractivity contribution is 7.09. The van der Waals surface area contributed by atoms with Gasteiger partial charge < -0.3 is 10.2 Å². The van der Waals surface area contributed by atoms with Crippen molar-refractivity contribution >= 4 is 17.2 Å². The van der Waals surface area contributed by atoms with E-state index in [1.165, 1.54) is 4.88 Å². The zero-order valence-electron chi connectivity index (χ0n) is 11.0. The lowest BCUT2D eigenvalue weighted by Gasteiger charge is -2.28. The number of hydrogen-bond acceptors (Lipinski definition) is 5. The highest BCUT2D eigenvalue weighted by Crippen LogP contribution is 2.14. The van der Waals surface area contributed by atoms with E-state index < -0.39 is 0 Å². The van der Waals surface area contributed by atoms with E-state index >= 15 is 0 Å². The molecule has 100 valence electrons. The summed E-state index contributed by atoms with van der Waals surface area (Å²) in [6.07, 6.45) is 0. The molecule has 1 fully saturated rings. The highest BCUT2D eigenvalue weighted by atomic mass is 32.1. The number of aromatic nitrogens is 1. The van der Waals surface area contributed by atoms with Crippen LogP contribution in [0.5, 0.6) is 0 Å². The van der Waals surface area contributed by atoms with Gasteiger partial charge in [0.2, 0.25) is 5.91 Å². The maximum atomic E-state index is 12.1. The predicted molar refractivity (Wildman–Crippen MR) is 72.6 cm³/mol. The molecule has 1 aromatic rings. The Kier molecular flexibility index (Phi) is 4.68. The summed E-state index contributed by atoms with van der Waals surface area (Å²) in [4.78, 5) is 21.5. The molecule has 0 unspecified atom stereocenters. The second-order valence-corrected chi connectivity index (χ2v) is 5.58. The van der Waals surface area contributed by atoms with Gasteiger partial charge in [0.1, 0.15) is 0 Å². The molecular weight excluding hydrogens is 248 g/mol. The lowest BCUT2D eigenvalue weighted by molar-refractivity contribution is -0.131. The molecule has 1 aromatic heterocycles. The van der Waals surface area contributed by atoms with E-state index in [2.05, 4.69) is 15.2 Å². The zero-order chi connectivity index (χ0) is 13.0. The van der Waals surface area contributed by atoms with Gasteiger partial charge in [-0.05, 0) is 6.92 Å². The molecule has 1 N–H and O–H groups in total. The van der Waals surface area contributed by atoms with E-state index in [0.717, 1.165) is 31.9 Å². The van der Waals surface area contributed by atoms with Crippen LogP contribution in [0.4, 0.5) is 0 Å². The molecule has 6 heteroatoms. The fourth-order valence-electron chi connectivity index (χ4n) is 1.96. The van der Waals surface area contributed by atoms with Gasteiger partial charge in [-0.25, -0.2) is 4.98 Å². The summed E-state index contributed by atoms with van der Waals surface area (Å²) in [7, 11) is 1.86. The number of nitrogens with zero attached hydrogens (tertiary/aromatic N) is 3. The number of hydrogen-bond donors (Lipinski definition) is 1. The first kappa shape index (κ1) is 13.5. The molecule has 0 aromatic carbocycles. The van der Waals surface area contributed by atoms with Gasteiger partial charge in [-0.15, -0.1) is 11.3 Å². The largest absolute Gasteiger partial charge is 0.339 e. The molecule has 2 rings (SSSR count). The average molecular weight is 268 g/mol. The molecule has 0 bridgehead atoms. The van der Waals surface area contributed by atoms with Gasteiger partial charge in [-0.1, -0.05) is 0 Å². The summed E-state index contributed by atoms with van der Waals surface area (Å²) in [5.74, 6) is 0.185. The van der Waals surface area contributed by atoms with Crippen LogP contribution in [0.1, 0.15) is 10.6 Å². The number of nitrogens with one attached hydrogen (secondary N) is 1. The molecule has 1 amide bonds. The maximum Gasteiger partial charge on any atom is 0.236 e. The van der Waals surface area contributed by atoms with E-state index in [0.29, 0.717) is 13.1 Å². The Bertz CT molecular complexity index is 401. The number of piperazine rings is 1. The summed E-state index contributed by atoms with van der Waals surface area (Å²) < 4.78 is 0. The summed E-state index contributed by atoms with van der Waals surface area (Å²) >= 11 is 1.61. The second kappa shape index (κ2) is 6.26. The van der Waals surface area contributed by atoms with Gasteiger partial charge >= 0.3 is 0 Å². The molecule has 2 heterocycles. The second-order valence-electron chi connectivity index (χ2n) is 4.64. The van der Waals surface area contributed by atoms with Gasteiger partial charge in [-0.3, -0.25) is 9.69 Å². The van der Waals surface area contributed by atoms with Crippen LogP contribution < -0.4 is 5.32 Å². The number of amides is 1. The van der Waals surface area contributed by atoms with Gasteiger partial charge in [0.25, 0.3) is 0 Å². The molecule has 0 spiro atoms. The van der Waals surface area contributed by atoms with Crippen molar-refractivity contribution in [1.29, 1.82) is 0 Å². The van der Waals surface area contributed by atoms with Gasteiger partial charge in [0.05, 0.1) is 24.3 Å². The number of carbonyl (C=O) groups is 1. The lowest BCUT2D eigenvalue weighted by atomic mass is 10.3. The Hall–Kier alpha value is -0.980. The van der Waals surface area contributed by atoms with Crippen molar-refractivity contribution in [3.63, 3.8) is 0 Å². The van der Waals surface area contributed by atoms with Crippen LogP contribution in [0.25, 0.3) is 0 Å². The third kappa shape index (κ3) is 3.51. The Balaban J connectivity index is 1.83. The van der Waals surface area contributed by atoms with E-state index in [1.807, 2.05) is 19.5 Å². The van der Waals surface area contributed by atoms with E-state index in [4.69, 9.17) is 0 Å². The molecule has 5 nitrogen and oxygen atoms in total. The fraction of sp³-hybridized carbons (Fsp3) is 0.667. The summed E-state index contributed by atoms with van der Waals surface area (Å²) in [5, 5.41) is 3.29. The molecule has 1 aliphatic rings. The molecule has 1 saturated heterocycles. The van der Waals surface area contributed by atoms with Crippen LogP contribution in [0.3, 0.4) is 0 Å². The van der Waals surface area contributed by atoms with Crippen LogP contribution in [0.2, 0.25) is 0 Å². The minimum atomic E-state index is 0.185. The van der Waals surface area contributed by atoms with E-state index in [9.17, 15) is 4.79 Å². The minimum Gasteiger partial charge on any atom is -0.339 e. The Morgan fingerprint density at radius 2 is 2.28 bits per heavy atom. The molecule has 0 atom stereocenters. The number of likely N-dealkylation sites (N-methyl/N-ethyl adjacent to an activating group) is 1. The van der Waals surface area contributed by atoms with Gasteiger partial charge in [0.15, 0.2) is 0 Å². The molecular formula is C12H20N4OS. The van der Waals surface area contributed by atoms with Crippen molar-refractivity contribution in [1.82, 2.24) is 20.1 Å². The summed E-state index contributed by atoms with van der Waals surface area (Å²) in [6, 6.07) is 0. The molecule has 0 saturated carbocycles. The lowest BCUT2D eigenvalue weighted by Crippen LogP contribution is -2.47. The van der Waals surface area contributed by atoms with Crippen molar-refractivity contribution in [2.45, 2.75) is 13.5 Å². The van der Waals surface area contributed by atoms with Crippen molar-refractivity contribution in [3.8, 4) is 0 Å². The molecule has 0 radical (unpaired) electrons. The molecule has 18 heavy (non-hydrogen) atoms. The van der Waals surface area contributed by atoms with E-state index in [1.54, 1.807) is 16.2 Å². The highest BCUT2D eigenvalue weighted by Gasteiger charge is 2.17. The number of aryl methyl sites for hydroxylation is 1. The van der Waals surface area contributed by atoms with Gasteiger partial charge in [-0.2, -0.15) is 0 Å². The smallest absolute Gasteiger partial charge is 0.236 e. The van der Waals surface area contributed by atoms with Crippen LogP contribution in [-0.4, -0.2) is 60.5 Å². The first-order valence-electron chi connectivity index (χ1n) is 6.23. The summed E-state index contributed by atoms with van der Waals surface area (Å²) in [5.41, 5.74) is 2.86. The standard InChI is InChI=1S/C12H20N4OS/c1-10-11(18-9-14-10)7-15(2)12(17)8-16-5-3-13-4-6-16/h9,13H,3-8H2,1-2H3. The normalized spacial score (nSPS) is 16.8. The van der Waals surface area contributed by atoms with Crippen molar-refractivity contribution < 1.29 is 4.79 Å². The Morgan fingerprint density at radius 3 is 2.89 bits per heavy atom. The van der Waals surface area contributed by atoms with Crippen LogP contribution >= 0.6 is 11.3 Å². The quantitative estimate of drug-likeness (QED) is 0.854. The van der Waals surface area contributed by atoms with Crippen LogP contribution in [-0.2, 0) is 11.3 Å². The first-order chi connectivity index (χ1) is 8.66. The number of thiazole rings is 1. The minimum absolute atomic E-state index is 0.185. The number of carbonyl (C=O) groups excluding carboxylic acids is 1. The summed E-state index contributed by atoms with van der Waals surface area (Å²) in [6.45, 7) is 7.05. The third-order valence-corrected chi connectivity index (χ3v) is 4.14. The molecule has 0 aliphatic carbocycles. The maximum absolute atomic E-state index is 12.1. The van der Waals surface area contributed by atoms with Crippen LogP contribution in [0, 0.1) is 6.92 Å². The Morgan fingerprint density at radius 1 is 1.56 bits per heavy atom. The van der Waals surface area contributed by atoms with Crippen molar-refractivity contribution in [2.75, 3.05) is 39.8 Å². The van der Waals surface area contributed by atoms with Crippen molar-refractivity contribution in [3.05, 3.63) is 16.1 Å².